The number of benzene rings is 1. The van der Waals surface area contributed by atoms with Gasteiger partial charge < -0.3 is 25.2 Å². The van der Waals surface area contributed by atoms with Crippen LogP contribution in [0, 0.1) is 5.41 Å². The lowest BCUT2D eigenvalue weighted by Gasteiger charge is -2.44. The largest absolute Gasteiger partial charge is 0.490 e. The number of carboxylic acids is 1. The van der Waals surface area contributed by atoms with Gasteiger partial charge in [0.2, 0.25) is 0 Å². The maximum Gasteiger partial charge on any atom is 0.490 e. The highest BCUT2D eigenvalue weighted by Crippen LogP contribution is 2.44. The van der Waals surface area contributed by atoms with E-state index in [2.05, 4.69) is 0 Å². The van der Waals surface area contributed by atoms with Crippen LogP contribution in [0.4, 0.5) is 18.0 Å². The fraction of sp³-hybridized carbons (Fsp3) is 0.476. The fourth-order valence-corrected chi connectivity index (χ4v) is 3.66. The van der Waals surface area contributed by atoms with Gasteiger partial charge in [-0.3, -0.25) is 4.79 Å². The number of carbonyl (C=O) groups excluding carboxylic acids is 2. The Kier molecular flexibility index (Phi) is 8.25. The first-order chi connectivity index (χ1) is 15.0. The minimum absolute atomic E-state index is 0.167. The van der Waals surface area contributed by atoms with E-state index in [1.807, 2.05) is 42.5 Å². The second-order valence-corrected chi connectivity index (χ2v) is 7.50. The predicted octanol–water partition coefficient (Wildman–Crippen LogP) is 2.87. The normalized spacial score (nSPS) is 21.5. The molecular formula is C21H25F3N2O6. The van der Waals surface area contributed by atoms with Crippen molar-refractivity contribution in [3.05, 3.63) is 48.0 Å². The molecule has 0 bridgehead atoms. The Morgan fingerprint density at radius 3 is 2.22 bits per heavy atom. The monoisotopic (exact) mass is 458 g/mol. The molecule has 1 amide bonds. The average Bonchev–Trinajstić information content (AvgIpc) is 3.02. The average molecular weight is 458 g/mol. The highest BCUT2D eigenvalue weighted by Gasteiger charge is 2.49. The summed E-state index contributed by atoms with van der Waals surface area (Å²) in [5, 5.41) is 7.12. The van der Waals surface area contributed by atoms with Crippen LogP contribution in [0.15, 0.2) is 42.5 Å². The first-order valence-corrected chi connectivity index (χ1v) is 9.82. The first-order valence-electron chi connectivity index (χ1n) is 9.82. The number of nitrogens with two attached hydrogens (primary N) is 1. The van der Waals surface area contributed by atoms with Gasteiger partial charge in [0.05, 0.1) is 0 Å². The predicted molar refractivity (Wildman–Crippen MR) is 106 cm³/mol. The van der Waals surface area contributed by atoms with Crippen molar-refractivity contribution >= 4 is 18.0 Å². The van der Waals surface area contributed by atoms with Crippen molar-refractivity contribution in [3.8, 4) is 0 Å². The van der Waals surface area contributed by atoms with Crippen LogP contribution in [0.2, 0.25) is 0 Å². The van der Waals surface area contributed by atoms with E-state index < -0.39 is 12.1 Å². The molecule has 3 N–H and O–H groups in total. The smallest absolute Gasteiger partial charge is 0.475 e. The SMILES string of the molecule is CC(=O)O[C@@H]1C=C[C@H](N)C12CCN(C(=O)OCc1ccccc1)CC2.O=C(O)C(F)(F)F. The molecule has 176 valence electrons. The number of likely N-dealkylation sites (tertiary alicyclic amines) is 1. The van der Waals surface area contributed by atoms with E-state index in [0.717, 1.165) is 5.56 Å². The third-order valence-electron chi connectivity index (χ3n) is 5.42. The van der Waals surface area contributed by atoms with Gasteiger partial charge in [-0.05, 0) is 24.5 Å². The van der Waals surface area contributed by atoms with Crippen molar-refractivity contribution in [2.45, 2.75) is 44.7 Å². The molecule has 0 aromatic heterocycles. The van der Waals surface area contributed by atoms with Crippen LogP contribution in [-0.2, 0) is 25.7 Å². The van der Waals surface area contributed by atoms with Crippen molar-refractivity contribution < 1.29 is 42.1 Å². The number of esters is 1. The first kappa shape index (κ1) is 25.2. The van der Waals surface area contributed by atoms with E-state index in [9.17, 15) is 22.8 Å². The zero-order valence-electron chi connectivity index (χ0n) is 17.4. The highest BCUT2D eigenvalue weighted by atomic mass is 19.4. The van der Waals surface area contributed by atoms with Gasteiger partial charge in [-0.1, -0.05) is 36.4 Å². The Bertz CT molecular complexity index is 836. The Morgan fingerprint density at radius 2 is 1.72 bits per heavy atom. The summed E-state index contributed by atoms with van der Waals surface area (Å²) in [5.41, 5.74) is 6.90. The Hall–Kier alpha value is -3.08. The number of ether oxygens (including phenoxy) is 2. The highest BCUT2D eigenvalue weighted by molar-refractivity contribution is 5.73. The van der Waals surface area contributed by atoms with Gasteiger partial charge in [0.15, 0.2) is 0 Å². The molecule has 11 heteroatoms. The maximum atomic E-state index is 12.3. The third kappa shape index (κ3) is 6.46. The Morgan fingerprint density at radius 1 is 1.16 bits per heavy atom. The summed E-state index contributed by atoms with van der Waals surface area (Å²) >= 11 is 0. The van der Waals surface area contributed by atoms with E-state index >= 15 is 0 Å². The van der Waals surface area contributed by atoms with Crippen LogP contribution in [0.1, 0.15) is 25.3 Å². The van der Waals surface area contributed by atoms with Gasteiger partial charge in [-0.2, -0.15) is 13.2 Å². The van der Waals surface area contributed by atoms with Gasteiger partial charge in [0.1, 0.15) is 12.7 Å². The minimum Gasteiger partial charge on any atom is -0.475 e. The van der Waals surface area contributed by atoms with Crippen LogP contribution >= 0.6 is 0 Å². The second kappa shape index (κ2) is 10.5. The molecule has 8 nitrogen and oxygen atoms in total. The summed E-state index contributed by atoms with van der Waals surface area (Å²) < 4.78 is 42.6. The van der Waals surface area contributed by atoms with Crippen LogP contribution < -0.4 is 5.73 Å². The van der Waals surface area contributed by atoms with Gasteiger partial charge in [0.25, 0.3) is 0 Å². The number of rotatable bonds is 3. The van der Waals surface area contributed by atoms with Crippen molar-refractivity contribution in [1.29, 1.82) is 0 Å². The summed E-state index contributed by atoms with van der Waals surface area (Å²) in [4.78, 5) is 34.2. The number of carboxylic acid groups (broad SMARTS) is 1. The number of carbonyl (C=O) groups is 3. The van der Waals surface area contributed by atoms with Crippen molar-refractivity contribution in [3.63, 3.8) is 0 Å². The molecule has 0 unspecified atom stereocenters. The lowest BCUT2D eigenvalue weighted by Crippen LogP contribution is -2.53. The molecule has 1 aliphatic carbocycles. The summed E-state index contributed by atoms with van der Waals surface area (Å²) in [7, 11) is 0. The van der Waals surface area contributed by atoms with E-state index in [1.54, 1.807) is 4.90 Å². The molecule has 1 spiro atoms. The van der Waals surface area contributed by atoms with Crippen LogP contribution in [0.3, 0.4) is 0 Å². The third-order valence-corrected chi connectivity index (χ3v) is 5.42. The lowest BCUT2D eigenvalue weighted by molar-refractivity contribution is -0.192. The van der Waals surface area contributed by atoms with Crippen LogP contribution in [0.25, 0.3) is 0 Å². The number of piperidine rings is 1. The van der Waals surface area contributed by atoms with E-state index in [0.29, 0.717) is 25.9 Å². The van der Waals surface area contributed by atoms with Crippen molar-refractivity contribution in [1.82, 2.24) is 4.90 Å². The van der Waals surface area contributed by atoms with Crippen molar-refractivity contribution in [2.75, 3.05) is 13.1 Å². The van der Waals surface area contributed by atoms with Gasteiger partial charge in [0, 0.05) is 31.5 Å². The minimum atomic E-state index is -5.08. The maximum absolute atomic E-state index is 12.3. The number of alkyl halides is 3. The second-order valence-electron chi connectivity index (χ2n) is 7.50. The molecule has 2 atom stereocenters. The summed E-state index contributed by atoms with van der Waals surface area (Å²) in [6, 6.07) is 9.43. The quantitative estimate of drug-likeness (QED) is 0.528. The van der Waals surface area contributed by atoms with Crippen molar-refractivity contribution in [2.24, 2.45) is 11.1 Å². The molecule has 1 heterocycles. The number of hydrogen-bond donors (Lipinski definition) is 2. The number of nitrogens with zero attached hydrogens (tertiary/aromatic N) is 1. The molecule has 32 heavy (non-hydrogen) atoms. The molecule has 0 saturated carbocycles. The Balaban J connectivity index is 0.000000451. The summed E-state index contributed by atoms with van der Waals surface area (Å²) in [6.07, 6.45) is -0.587. The molecule has 2 aliphatic rings. The van der Waals surface area contributed by atoms with Gasteiger partial charge in [-0.15, -0.1) is 0 Å². The Labute approximate surface area is 182 Å². The van der Waals surface area contributed by atoms with Crippen LogP contribution in [-0.4, -0.2) is 59.4 Å². The van der Waals surface area contributed by atoms with E-state index in [-0.39, 0.29) is 36.2 Å². The lowest BCUT2D eigenvalue weighted by atomic mass is 9.72. The van der Waals surface area contributed by atoms with Gasteiger partial charge in [-0.25, -0.2) is 9.59 Å². The number of amides is 1. The fourth-order valence-electron chi connectivity index (χ4n) is 3.66. The molecular weight excluding hydrogens is 433 g/mol. The zero-order chi connectivity index (χ0) is 23.9. The number of halogens is 3. The molecule has 1 aromatic carbocycles. The molecule has 1 aromatic rings. The van der Waals surface area contributed by atoms with E-state index in [4.69, 9.17) is 25.1 Å². The summed E-state index contributed by atoms with van der Waals surface area (Å²) in [6.45, 7) is 2.75. The zero-order valence-corrected chi connectivity index (χ0v) is 17.4. The molecule has 3 rings (SSSR count). The molecule has 1 aliphatic heterocycles. The van der Waals surface area contributed by atoms with Gasteiger partial charge >= 0.3 is 24.2 Å². The molecule has 0 radical (unpaired) electrons. The summed E-state index contributed by atoms with van der Waals surface area (Å²) in [5.74, 6) is -3.07. The molecule has 1 fully saturated rings. The topological polar surface area (TPSA) is 119 Å². The van der Waals surface area contributed by atoms with E-state index in [1.165, 1.54) is 6.92 Å². The molecule has 1 saturated heterocycles. The van der Waals surface area contributed by atoms with Crippen LogP contribution in [0.5, 0.6) is 0 Å². The number of aliphatic carboxylic acids is 1. The standard InChI is InChI=1S/C19H24N2O4.C2HF3O2/c1-14(22)25-17-8-7-16(20)19(17)9-11-21(12-10-19)18(23)24-13-15-5-3-2-4-6-15;3-2(4,5)1(6)7/h2-8,16-17H,9-13,20H2,1H3;(H,6,7)/t16-,17+;/m0./s1. The number of hydrogen-bond acceptors (Lipinski definition) is 6.